The van der Waals surface area contributed by atoms with E-state index in [0.29, 0.717) is 37.3 Å². The molecule has 6 heteroatoms. The van der Waals surface area contributed by atoms with Crippen molar-refractivity contribution in [2.24, 2.45) is 11.7 Å². The van der Waals surface area contributed by atoms with E-state index >= 15 is 0 Å². The van der Waals surface area contributed by atoms with Crippen molar-refractivity contribution in [1.29, 1.82) is 0 Å². The average molecular weight is 290 g/mol. The molecular weight excluding hydrogens is 272 g/mol. The van der Waals surface area contributed by atoms with Gasteiger partial charge in [-0.1, -0.05) is 6.07 Å². The first-order valence-corrected chi connectivity index (χ1v) is 6.72. The molecule has 1 aromatic rings. The third-order valence-electron chi connectivity index (χ3n) is 3.79. The van der Waals surface area contributed by atoms with E-state index in [9.17, 15) is 17.6 Å². The van der Waals surface area contributed by atoms with Crippen molar-refractivity contribution >= 4 is 5.69 Å². The SMILES string of the molecule is NCCc1c(F)cccc1N1CCC(C(F)(F)F)CC1. The minimum Gasteiger partial charge on any atom is -0.371 e. The second-order valence-electron chi connectivity index (χ2n) is 5.08. The number of rotatable bonds is 3. The first kappa shape index (κ1) is 15.1. The van der Waals surface area contributed by atoms with Crippen LogP contribution in [0.1, 0.15) is 18.4 Å². The summed E-state index contributed by atoms with van der Waals surface area (Å²) in [5, 5.41) is 0. The monoisotopic (exact) mass is 290 g/mol. The highest BCUT2D eigenvalue weighted by molar-refractivity contribution is 5.54. The van der Waals surface area contributed by atoms with E-state index in [-0.39, 0.29) is 18.7 Å². The number of piperidine rings is 1. The summed E-state index contributed by atoms with van der Waals surface area (Å²) < 4.78 is 51.7. The van der Waals surface area contributed by atoms with Crippen LogP contribution in [-0.2, 0) is 6.42 Å². The molecule has 0 radical (unpaired) electrons. The van der Waals surface area contributed by atoms with Gasteiger partial charge in [-0.15, -0.1) is 0 Å². The highest BCUT2D eigenvalue weighted by Crippen LogP contribution is 2.36. The van der Waals surface area contributed by atoms with Crippen LogP contribution in [0.4, 0.5) is 23.2 Å². The van der Waals surface area contributed by atoms with Gasteiger partial charge in [-0.25, -0.2) is 4.39 Å². The Morgan fingerprint density at radius 3 is 2.40 bits per heavy atom. The predicted octanol–water partition coefficient (Wildman–Crippen LogP) is 3.11. The van der Waals surface area contributed by atoms with Crippen molar-refractivity contribution in [2.75, 3.05) is 24.5 Å². The Morgan fingerprint density at radius 1 is 1.20 bits per heavy atom. The topological polar surface area (TPSA) is 29.3 Å². The molecule has 1 saturated heterocycles. The van der Waals surface area contributed by atoms with Gasteiger partial charge < -0.3 is 10.6 Å². The van der Waals surface area contributed by atoms with Crippen LogP contribution in [-0.4, -0.2) is 25.8 Å². The molecule has 0 aliphatic carbocycles. The van der Waals surface area contributed by atoms with Crippen molar-refractivity contribution in [3.05, 3.63) is 29.6 Å². The van der Waals surface area contributed by atoms with Gasteiger partial charge in [-0.05, 0) is 37.9 Å². The van der Waals surface area contributed by atoms with Crippen LogP contribution in [0.5, 0.6) is 0 Å². The molecule has 1 fully saturated rings. The first-order chi connectivity index (χ1) is 9.43. The maximum atomic E-state index is 13.8. The molecule has 1 heterocycles. The molecule has 0 spiro atoms. The number of nitrogens with two attached hydrogens (primary N) is 1. The normalized spacial score (nSPS) is 17.6. The molecule has 2 rings (SSSR count). The minimum absolute atomic E-state index is 0.0576. The van der Waals surface area contributed by atoms with Gasteiger partial charge in [0.25, 0.3) is 0 Å². The molecule has 0 unspecified atom stereocenters. The second-order valence-corrected chi connectivity index (χ2v) is 5.08. The largest absolute Gasteiger partial charge is 0.391 e. The number of nitrogens with zero attached hydrogens (tertiary/aromatic N) is 1. The zero-order valence-electron chi connectivity index (χ0n) is 11.1. The van der Waals surface area contributed by atoms with E-state index in [2.05, 4.69) is 0 Å². The van der Waals surface area contributed by atoms with Gasteiger partial charge >= 0.3 is 6.18 Å². The van der Waals surface area contributed by atoms with Crippen molar-refractivity contribution in [2.45, 2.75) is 25.4 Å². The molecule has 112 valence electrons. The van der Waals surface area contributed by atoms with Crippen LogP contribution in [0.3, 0.4) is 0 Å². The van der Waals surface area contributed by atoms with E-state index in [1.54, 1.807) is 12.1 Å². The molecular formula is C14H18F4N2. The highest BCUT2D eigenvalue weighted by atomic mass is 19.4. The lowest BCUT2D eigenvalue weighted by Crippen LogP contribution is -2.39. The van der Waals surface area contributed by atoms with E-state index < -0.39 is 12.1 Å². The molecule has 0 bridgehead atoms. The maximum Gasteiger partial charge on any atom is 0.391 e. The van der Waals surface area contributed by atoms with E-state index in [0.717, 1.165) is 0 Å². The van der Waals surface area contributed by atoms with E-state index in [1.807, 2.05) is 4.90 Å². The summed E-state index contributed by atoms with van der Waals surface area (Å²) in [5.41, 5.74) is 6.65. The second kappa shape index (κ2) is 5.99. The summed E-state index contributed by atoms with van der Waals surface area (Å²) >= 11 is 0. The number of alkyl halides is 3. The standard InChI is InChI=1S/C14H18F4N2/c15-12-2-1-3-13(11(12)4-7-19)20-8-5-10(6-9-20)14(16,17)18/h1-3,10H,4-9,19H2. The number of anilines is 1. The Hall–Kier alpha value is -1.30. The smallest absolute Gasteiger partial charge is 0.371 e. The van der Waals surface area contributed by atoms with Gasteiger partial charge in [0.1, 0.15) is 5.82 Å². The van der Waals surface area contributed by atoms with Crippen LogP contribution in [0.2, 0.25) is 0 Å². The van der Waals surface area contributed by atoms with Gasteiger partial charge in [0.05, 0.1) is 5.92 Å². The quantitative estimate of drug-likeness (QED) is 0.867. The van der Waals surface area contributed by atoms with E-state index in [4.69, 9.17) is 5.73 Å². The fourth-order valence-corrected chi connectivity index (χ4v) is 2.68. The fourth-order valence-electron chi connectivity index (χ4n) is 2.68. The van der Waals surface area contributed by atoms with Crippen LogP contribution in [0, 0.1) is 11.7 Å². The minimum atomic E-state index is -4.13. The van der Waals surface area contributed by atoms with E-state index in [1.165, 1.54) is 6.07 Å². The zero-order chi connectivity index (χ0) is 14.8. The first-order valence-electron chi connectivity index (χ1n) is 6.72. The van der Waals surface area contributed by atoms with Crippen molar-refractivity contribution in [3.8, 4) is 0 Å². The third-order valence-corrected chi connectivity index (χ3v) is 3.79. The number of hydrogen-bond donors (Lipinski definition) is 1. The highest BCUT2D eigenvalue weighted by Gasteiger charge is 2.41. The lowest BCUT2D eigenvalue weighted by Gasteiger charge is -2.35. The van der Waals surface area contributed by atoms with Gasteiger partial charge in [0.15, 0.2) is 0 Å². The molecule has 2 nitrogen and oxygen atoms in total. The van der Waals surface area contributed by atoms with Crippen LogP contribution in [0.25, 0.3) is 0 Å². The molecule has 1 aromatic carbocycles. The summed E-state index contributed by atoms with van der Waals surface area (Å²) in [4.78, 5) is 1.83. The average Bonchev–Trinajstić information content (AvgIpc) is 2.40. The Labute approximate surface area is 115 Å². The summed E-state index contributed by atoms with van der Waals surface area (Å²) in [5.74, 6) is -1.59. The number of benzene rings is 1. The molecule has 20 heavy (non-hydrogen) atoms. The Kier molecular flexibility index (Phi) is 4.52. The Balaban J connectivity index is 2.13. The van der Waals surface area contributed by atoms with Crippen LogP contribution >= 0.6 is 0 Å². The Morgan fingerprint density at radius 2 is 1.85 bits per heavy atom. The summed E-state index contributed by atoms with van der Waals surface area (Å²) in [7, 11) is 0. The third kappa shape index (κ3) is 3.23. The van der Waals surface area contributed by atoms with Crippen molar-refractivity contribution < 1.29 is 17.6 Å². The van der Waals surface area contributed by atoms with Crippen LogP contribution in [0.15, 0.2) is 18.2 Å². The molecule has 2 N–H and O–H groups in total. The lowest BCUT2D eigenvalue weighted by atomic mass is 9.95. The molecule has 1 aliphatic rings. The van der Waals surface area contributed by atoms with Gasteiger partial charge in [-0.3, -0.25) is 0 Å². The predicted molar refractivity (Wildman–Crippen MR) is 70.2 cm³/mol. The van der Waals surface area contributed by atoms with Crippen LogP contribution < -0.4 is 10.6 Å². The fraction of sp³-hybridized carbons (Fsp3) is 0.571. The molecule has 0 aromatic heterocycles. The van der Waals surface area contributed by atoms with Crippen molar-refractivity contribution in [1.82, 2.24) is 0 Å². The molecule has 0 saturated carbocycles. The van der Waals surface area contributed by atoms with Crippen molar-refractivity contribution in [3.63, 3.8) is 0 Å². The lowest BCUT2D eigenvalue weighted by molar-refractivity contribution is -0.179. The van der Waals surface area contributed by atoms with Gasteiger partial charge in [-0.2, -0.15) is 13.2 Å². The summed E-state index contributed by atoms with van der Waals surface area (Å²) in [6, 6.07) is 4.69. The summed E-state index contributed by atoms with van der Waals surface area (Å²) in [6.45, 7) is 0.906. The van der Waals surface area contributed by atoms with Gasteiger partial charge in [0.2, 0.25) is 0 Å². The maximum absolute atomic E-state index is 13.8. The zero-order valence-corrected chi connectivity index (χ0v) is 11.1. The molecule has 0 amide bonds. The number of hydrogen-bond acceptors (Lipinski definition) is 2. The summed E-state index contributed by atoms with van der Waals surface area (Å²) in [6.07, 6.45) is -3.63. The Bertz CT molecular complexity index is 451. The van der Waals surface area contributed by atoms with Gasteiger partial charge in [0, 0.05) is 24.3 Å². The number of halogens is 4. The molecule has 0 atom stereocenters. The molecule has 1 aliphatic heterocycles.